The van der Waals surface area contributed by atoms with Crippen molar-refractivity contribution in [1.29, 1.82) is 0 Å². The Kier molecular flexibility index (Phi) is 4.92. The van der Waals surface area contributed by atoms with Crippen LogP contribution in [0, 0.1) is 5.92 Å². The molecular formula is C24H20F2N4O2. The van der Waals surface area contributed by atoms with Crippen LogP contribution < -0.4 is 10.3 Å². The Morgan fingerprint density at radius 3 is 2.75 bits per heavy atom. The van der Waals surface area contributed by atoms with Gasteiger partial charge in [0.15, 0.2) is 0 Å². The summed E-state index contributed by atoms with van der Waals surface area (Å²) >= 11 is 0. The van der Waals surface area contributed by atoms with Gasteiger partial charge in [-0.1, -0.05) is 31.2 Å². The number of rotatable bonds is 6. The van der Waals surface area contributed by atoms with Crippen LogP contribution in [0.15, 0.2) is 72.2 Å². The molecule has 0 saturated heterocycles. The molecular weight excluding hydrogens is 414 g/mol. The summed E-state index contributed by atoms with van der Waals surface area (Å²) in [5, 5.41) is 1.09. The summed E-state index contributed by atoms with van der Waals surface area (Å²) in [6.45, 7) is -0.478. The van der Waals surface area contributed by atoms with E-state index in [1.165, 1.54) is 18.7 Å². The zero-order chi connectivity index (χ0) is 22.3. The third kappa shape index (κ3) is 3.62. The van der Waals surface area contributed by atoms with Gasteiger partial charge in [0.05, 0.1) is 12.1 Å². The van der Waals surface area contributed by atoms with Crippen molar-refractivity contribution >= 4 is 10.9 Å². The lowest BCUT2D eigenvalue weighted by atomic mass is 10.0. The number of hydrogen-bond acceptors (Lipinski definition) is 5. The van der Waals surface area contributed by atoms with E-state index in [1.54, 1.807) is 0 Å². The van der Waals surface area contributed by atoms with E-state index in [0.29, 0.717) is 22.3 Å². The highest BCUT2D eigenvalue weighted by molar-refractivity contribution is 5.78. The molecule has 8 heteroatoms. The van der Waals surface area contributed by atoms with Crippen molar-refractivity contribution in [3.63, 3.8) is 0 Å². The van der Waals surface area contributed by atoms with Gasteiger partial charge >= 0.3 is 6.55 Å². The van der Waals surface area contributed by atoms with Gasteiger partial charge in [-0.15, -0.1) is 0 Å². The van der Waals surface area contributed by atoms with Gasteiger partial charge in [0.2, 0.25) is 0 Å². The van der Waals surface area contributed by atoms with Crippen molar-refractivity contribution in [2.45, 2.75) is 25.3 Å². The number of alkyl halides is 2. The third-order valence-electron chi connectivity index (χ3n) is 6.16. The van der Waals surface area contributed by atoms with Crippen LogP contribution in [0.2, 0.25) is 0 Å². The van der Waals surface area contributed by atoms with Crippen LogP contribution in [0.25, 0.3) is 22.0 Å². The average Bonchev–Trinajstić information content (AvgIpc) is 3.49. The van der Waals surface area contributed by atoms with E-state index in [0.717, 1.165) is 35.3 Å². The number of benzene rings is 1. The predicted octanol–water partition coefficient (Wildman–Crippen LogP) is 4.61. The zero-order valence-electron chi connectivity index (χ0n) is 17.3. The molecule has 1 saturated carbocycles. The molecule has 0 spiro atoms. The summed E-state index contributed by atoms with van der Waals surface area (Å²) in [6.07, 6.45) is 6.32. The van der Waals surface area contributed by atoms with Crippen LogP contribution in [0.4, 0.5) is 8.78 Å². The molecule has 162 valence electrons. The summed E-state index contributed by atoms with van der Waals surface area (Å²) < 4.78 is 32.9. The zero-order valence-corrected chi connectivity index (χ0v) is 17.3. The van der Waals surface area contributed by atoms with Crippen molar-refractivity contribution in [2.75, 3.05) is 6.61 Å². The van der Waals surface area contributed by atoms with E-state index in [2.05, 4.69) is 23.0 Å². The van der Waals surface area contributed by atoms with Crippen LogP contribution >= 0.6 is 0 Å². The Labute approximate surface area is 182 Å². The summed E-state index contributed by atoms with van der Waals surface area (Å²) in [6, 6.07) is 13.2. The van der Waals surface area contributed by atoms with E-state index in [1.807, 2.05) is 30.3 Å². The van der Waals surface area contributed by atoms with Crippen molar-refractivity contribution in [1.82, 2.24) is 19.5 Å². The van der Waals surface area contributed by atoms with Gasteiger partial charge < -0.3 is 4.74 Å². The molecule has 2 atom stereocenters. The first-order valence-electron chi connectivity index (χ1n) is 10.2. The van der Waals surface area contributed by atoms with Gasteiger partial charge in [0.25, 0.3) is 5.56 Å². The molecule has 6 nitrogen and oxygen atoms in total. The standard InChI is InChI=1S/C24H20F2N4O2/c1-24(21-7-6-15-4-2-3-5-19(15)29-21)9-17(24)13-32-20-8-22(31)30(23(25)26)12-18(20)16-10-27-14-28-11-16/h2-8,10-12,14,17,23H,9,13H2,1H3/t17-,24+/m1/s1. The molecule has 0 N–H and O–H groups in total. The number of fused-ring (bicyclic) bond motifs is 1. The average molecular weight is 434 g/mol. The van der Waals surface area contributed by atoms with E-state index < -0.39 is 12.1 Å². The van der Waals surface area contributed by atoms with Crippen molar-refractivity contribution < 1.29 is 13.5 Å². The minimum Gasteiger partial charge on any atom is -0.492 e. The molecule has 32 heavy (non-hydrogen) atoms. The number of nitrogens with zero attached hydrogens (tertiary/aromatic N) is 4. The molecule has 0 aliphatic heterocycles. The molecule has 3 heterocycles. The fourth-order valence-corrected chi connectivity index (χ4v) is 4.04. The second-order valence-electron chi connectivity index (χ2n) is 8.22. The quantitative estimate of drug-likeness (QED) is 0.443. The molecule has 1 aromatic carbocycles. The first kappa shape index (κ1) is 20.2. The Morgan fingerprint density at radius 1 is 1.19 bits per heavy atom. The molecule has 1 aliphatic carbocycles. The normalized spacial score (nSPS) is 19.9. The summed E-state index contributed by atoms with van der Waals surface area (Å²) in [7, 11) is 0. The lowest BCUT2D eigenvalue weighted by Gasteiger charge is -2.16. The number of para-hydroxylation sites is 1. The molecule has 5 rings (SSSR count). The Morgan fingerprint density at radius 2 is 1.97 bits per heavy atom. The molecule has 0 unspecified atom stereocenters. The number of halogens is 2. The van der Waals surface area contributed by atoms with E-state index in [9.17, 15) is 13.6 Å². The number of aromatic nitrogens is 4. The fraction of sp³-hybridized carbons (Fsp3) is 0.250. The van der Waals surface area contributed by atoms with E-state index >= 15 is 0 Å². The van der Waals surface area contributed by atoms with Gasteiger partial charge in [-0.05, 0) is 18.6 Å². The minimum atomic E-state index is -2.95. The maximum atomic E-state index is 13.3. The highest BCUT2D eigenvalue weighted by Crippen LogP contribution is 2.53. The first-order valence-corrected chi connectivity index (χ1v) is 10.2. The number of ether oxygens (including phenoxy) is 1. The summed E-state index contributed by atoms with van der Waals surface area (Å²) in [4.78, 5) is 24.9. The van der Waals surface area contributed by atoms with Gasteiger partial charge in [-0.25, -0.2) is 9.97 Å². The monoisotopic (exact) mass is 434 g/mol. The number of hydrogen-bond donors (Lipinski definition) is 0. The van der Waals surface area contributed by atoms with Crippen LogP contribution in [-0.4, -0.2) is 26.1 Å². The van der Waals surface area contributed by atoms with E-state index in [4.69, 9.17) is 9.72 Å². The van der Waals surface area contributed by atoms with Crippen LogP contribution in [0.3, 0.4) is 0 Å². The van der Waals surface area contributed by atoms with E-state index in [-0.39, 0.29) is 17.1 Å². The van der Waals surface area contributed by atoms with Crippen LogP contribution in [0.5, 0.6) is 5.75 Å². The Hall–Kier alpha value is -3.68. The maximum Gasteiger partial charge on any atom is 0.321 e. The number of pyridine rings is 2. The Balaban J connectivity index is 1.40. The smallest absolute Gasteiger partial charge is 0.321 e. The lowest BCUT2D eigenvalue weighted by Crippen LogP contribution is -2.21. The van der Waals surface area contributed by atoms with Gasteiger partial charge in [-0.2, -0.15) is 8.78 Å². The third-order valence-corrected chi connectivity index (χ3v) is 6.16. The van der Waals surface area contributed by atoms with Crippen LogP contribution in [-0.2, 0) is 5.41 Å². The largest absolute Gasteiger partial charge is 0.492 e. The molecule has 1 aliphatic rings. The highest BCUT2D eigenvalue weighted by Gasteiger charge is 2.52. The predicted molar refractivity (Wildman–Crippen MR) is 116 cm³/mol. The molecule has 4 aromatic rings. The minimum absolute atomic E-state index is 0.141. The highest BCUT2D eigenvalue weighted by atomic mass is 19.3. The summed E-state index contributed by atoms with van der Waals surface area (Å²) in [5.41, 5.74) is 1.81. The van der Waals surface area contributed by atoms with Crippen LogP contribution in [0.1, 0.15) is 25.6 Å². The van der Waals surface area contributed by atoms with Crippen molar-refractivity contribution in [3.8, 4) is 16.9 Å². The molecule has 0 amide bonds. The van der Waals surface area contributed by atoms with Crippen molar-refractivity contribution in [2.24, 2.45) is 5.92 Å². The molecule has 0 bridgehead atoms. The van der Waals surface area contributed by atoms with Gasteiger partial charge in [-0.3, -0.25) is 14.3 Å². The second-order valence-corrected chi connectivity index (χ2v) is 8.22. The fourth-order valence-electron chi connectivity index (χ4n) is 4.04. The summed E-state index contributed by atoms with van der Waals surface area (Å²) in [5.74, 6) is 0.427. The maximum absolute atomic E-state index is 13.3. The second kappa shape index (κ2) is 7.78. The van der Waals surface area contributed by atoms with Gasteiger partial charge in [0, 0.05) is 58.2 Å². The SMILES string of the molecule is C[C@]1(c2ccc3ccccc3n2)C[C@@H]1COc1cc(=O)n(C(F)F)cc1-c1cncnc1. The molecule has 1 fully saturated rings. The molecule has 0 radical (unpaired) electrons. The molecule has 3 aromatic heterocycles. The Bertz CT molecular complexity index is 1340. The first-order chi connectivity index (χ1) is 15.5. The lowest BCUT2D eigenvalue weighted by molar-refractivity contribution is 0.0662. The van der Waals surface area contributed by atoms with Gasteiger partial charge in [0.1, 0.15) is 12.1 Å². The van der Waals surface area contributed by atoms with Crippen molar-refractivity contribution in [3.05, 3.63) is 83.4 Å². The topological polar surface area (TPSA) is 69.9 Å².